The van der Waals surface area contributed by atoms with Crippen LogP contribution in [0.15, 0.2) is 0 Å². The summed E-state index contributed by atoms with van der Waals surface area (Å²) in [7, 11) is 0. The molecule has 0 rings (SSSR count). The molecule has 122 valence electrons. The van der Waals surface area contributed by atoms with Crippen LogP contribution < -0.4 is 40.4 Å². The van der Waals surface area contributed by atoms with Crippen molar-refractivity contribution in [3.05, 3.63) is 0 Å². The minimum atomic E-state index is -1.42. The summed E-state index contributed by atoms with van der Waals surface area (Å²) in [6, 6.07) is -1.21. The molecule has 1 atom stereocenters. The molecule has 0 spiro atoms. The van der Waals surface area contributed by atoms with E-state index >= 15 is 0 Å². The number of aliphatic carboxylic acids is 1. The number of carbonyl (C=O) groups excluding carboxylic acids is 3. The van der Waals surface area contributed by atoms with Crippen molar-refractivity contribution in [1.29, 1.82) is 0 Å². The van der Waals surface area contributed by atoms with E-state index in [1.165, 1.54) is 25.7 Å². The maximum absolute atomic E-state index is 11.4. The molecule has 0 aromatic carbocycles. The van der Waals surface area contributed by atoms with E-state index in [2.05, 4.69) is 11.7 Å². The molecular weight excluding hydrogens is 297 g/mol. The second-order valence-electron chi connectivity index (χ2n) is 5.18. The van der Waals surface area contributed by atoms with Crippen molar-refractivity contribution >= 4 is 17.9 Å². The summed E-state index contributed by atoms with van der Waals surface area (Å²) in [5.41, 5.74) is 5.19. The van der Waals surface area contributed by atoms with Crippen molar-refractivity contribution in [3.63, 3.8) is 0 Å². The number of carbonyl (C=O) groups is 3. The molecule has 0 aliphatic carbocycles. The van der Waals surface area contributed by atoms with Crippen LogP contribution in [0.25, 0.3) is 0 Å². The van der Waals surface area contributed by atoms with Gasteiger partial charge in [-0.3, -0.25) is 9.59 Å². The molecule has 7 heteroatoms. The van der Waals surface area contributed by atoms with Crippen LogP contribution in [0.4, 0.5) is 0 Å². The Bertz CT molecular complexity index is 336. The molecule has 2 N–H and O–H groups in total. The molecule has 0 radical (unpaired) electrons. The Morgan fingerprint density at radius 3 is 2.00 bits per heavy atom. The number of hydrogen-bond acceptors (Lipinski definition) is 6. The number of hydrogen-bond donors (Lipinski definition) is 1. The zero-order valence-corrected chi connectivity index (χ0v) is 15.8. The fourth-order valence-electron chi connectivity index (χ4n) is 1.85. The van der Waals surface area contributed by atoms with Crippen LogP contribution in [0, 0.1) is 0 Å². The zero-order valence-electron chi connectivity index (χ0n) is 13.8. The third-order valence-electron chi connectivity index (χ3n) is 3.17. The van der Waals surface area contributed by atoms with Crippen molar-refractivity contribution in [2.75, 3.05) is 0 Å². The number of carboxylic acids is 1. The standard InChI is InChI=1S/C15H27NO5.Na/c1-2-3-4-5-6-7-8-9-13(17)21-14(18)11-10-12(16)15(19)20;/h12H,2-11,16H2,1H3,(H,19,20);/q;+1/p-1/t12-;/m0./s1. The van der Waals surface area contributed by atoms with Gasteiger partial charge in [0.1, 0.15) is 0 Å². The minimum absolute atomic E-state index is 0. The number of esters is 2. The monoisotopic (exact) mass is 323 g/mol. The number of nitrogens with two attached hydrogens (primary N) is 1. The molecule has 0 heterocycles. The third-order valence-corrected chi connectivity index (χ3v) is 3.17. The molecule has 0 unspecified atom stereocenters. The van der Waals surface area contributed by atoms with Crippen molar-refractivity contribution < 1.29 is 53.8 Å². The van der Waals surface area contributed by atoms with E-state index < -0.39 is 23.9 Å². The minimum Gasteiger partial charge on any atom is -0.548 e. The van der Waals surface area contributed by atoms with E-state index in [1.807, 2.05) is 0 Å². The maximum Gasteiger partial charge on any atom is 1.00 e. The Morgan fingerprint density at radius 1 is 0.955 bits per heavy atom. The predicted molar refractivity (Wildman–Crippen MR) is 75.9 cm³/mol. The molecule has 0 aliphatic heterocycles. The number of ether oxygens (including phenoxy) is 1. The number of unbranched alkanes of at least 4 members (excludes halogenated alkanes) is 6. The predicted octanol–water partition coefficient (Wildman–Crippen LogP) is -1.94. The van der Waals surface area contributed by atoms with Crippen molar-refractivity contribution in [1.82, 2.24) is 0 Å². The molecule has 0 fully saturated rings. The van der Waals surface area contributed by atoms with Crippen LogP contribution in [0.1, 0.15) is 71.1 Å². The smallest absolute Gasteiger partial charge is 0.548 e. The van der Waals surface area contributed by atoms with Gasteiger partial charge in [0.2, 0.25) is 0 Å². The summed E-state index contributed by atoms with van der Waals surface area (Å²) < 4.78 is 4.58. The first kappa shape index (κ1) is 23.8. The van der Waals surface area contributed by atoms with Gasteiger partial charge in [0.15, 0.2) is 0 Å². The van der Waals surface area contributed by atoms with Gasteiger partial charge in [-0.05, 0) is 12.8 Å². The molecule has 0 saturated heterocycles. The van der Waals surface area contributed by atoms with Gasteiger partial charge >= 0.3 is 41.5 Å². The molecule has 6 nitrogen and oxygen atoms in total. The van der Waals surface area contributed by atoms with E-state index in [1.54, 1.807) is 0 Å². The summed E-state index contributed by atoms with van der Waals surface area (Å²) in [4.78, 5) is 33.0. The fraction of sp³-hybridized carbons (Fsp3) is 0.800. The normalized spacial score (nSPS) is 11.4. The first-order valence-electron chi connectivity index (χ1n) is 7.67. The van der Waals surface area contributed by atoms with Crippen molar-refractivity contribution in [2.24, 2.45) is 5.73 Å². The van der Waals surface area contributed by atoms with Crippen molar-refractivity contribution in [2.45, 2.75) is 77.2 Å². The summed E-state index contributed by atoms with van der Waals surface area (Å²) in [6.07, 6.45) is 7.50. The molecule has 0 amide bonds. The van der Waals surface area contributed by atoms with Gasteiger partial charge in [0.25, 0.3) is 0 Å². The Hall–Kier alpha value is -0.430. The fourth-order valence-corrected chi connectivity index (χ4v) is 1.85. The van der Waals surface area contributed by atoms with Crippen molar-refractivity contribution in [3.8, 4) is 0 Å². The van der Waals surface area contributed by atoms with Crippen LogP contribution in [-0.2, 0) is 19.1 Å². The van der Waals surface area contributed by atoms with E-state index in [4.69, 9.17) is 5.73 Å². The molecular formula is C15H26NNaO5. The van der Waals surface area contributed by atoms with Crippen LogP contribution in [-0.4, -0.2) is 23.9 Å². The molecule has 0 aliphatic rings. The average molecular weight is 323 g/mol. The zero-order chi connectivity index (χ0) is 16.1. The van der Waals surface area contributed by atoms with Gasteiger partial charge in [-0.1, -0.05) is 45.4 Å². The molecule has 22 heavy (non-hydrogen) atoms. The summed E-state index contributed by atoms with van der Waals surface area (Å²) in [5, 5.41) is 10.3. The first-order chi connectivity index (χ1) is 9.97. The molecule has 0 aromatic heterocycles. The number of rotatable bonds is 12. The largest absolute Gasteiger partial charge is 1.00 e. The number of carboxylic acid groups (broad SMARTS) is 1. The maximum atomic E-state index is 11.4. The van der Waals surface area contributed by atoms with Crippen LogP contribution in [0.3, 0.4) is 0 Å². The summed E-state index contributed by atoms with van der Waals surface area (Å²) in [6.45, 7) is 2.16. The van der Waals surface area contributed by atoms with Crippen LogP contribution in [0.2, 0.25) is 0 Å². The Kier molecular flexibility index (Phi) is 16.8. The van der Waals surface area contributed by atoms with Gasteiger partial charge < -0.3 is 20.4 Å². The SMILES string of the molecule is CCCCCCCCCC(=O)OC(=O)CC[C@H](N)C(=O)[O-].[Na+]. The Balaban J connectivity index is 0. The van der Waals surface area contributed by atoms with Gasteiger partial charge in [-0.2, -0.15) is 0 Å². The van der Waals surface area contributed by atoms with Gasteiger partial charge in [0.05, 0.1) is 5.97 Å². The topological polar surface area (TPSA) is 110 Å². The van der Waals surface area contributed by atoms with Gasteiger partial charge in [0, 0.05) is 18.9 Å². The molecule has 0 aromatic rings. The average Bonchev–Trinajstić information content (AvgIpc) is 2.43. The second kappa shape index (κ2) is 15.5. The molecule has 0 saturated carbocycles. The second-order valence-corrected chi connectivity index (χ2v) is 5.18. The van der Waals surface area contributed by atoms with Gasteiger partial charge in [-0.15, -0.1) is 0 Å². The quantitative estimate of drug-likeness (QED) is 0.194. The Morgan fingerprint density at radius 2 is 1.45 bits per heavy atom. The van der Waals surface area contributed by atoms with Gasteiger partial charge in [-0.25, -0.2) is 0 Å². The van der Waals surface area contributed by atoms with E-state index in [9.17, 15) is 19.5 Å². The van der Waals surface area contributed by atoms with E-state index in [0.29, 0.717) is 6.42 Å². The first-order valence-corrected chi connectivity index (χ1v) is 7.67. The summed E-state index contributed by atoms with van der Waals surface area (Å²) in [5.74, 6) is -2.72. The Labute approximate surface area is 154 Å². The summed E-state index contributed by atoms with van der Waals surface area (Å²) >= 11 is 0. The third kappa shape index (κ3) is 14.5. The van der Waals surface area contributed by atoms with E-state index in [0.717, 1.165) is 12.8 Å². The van der Waals surface area contributed by atoms with Crippen LogP contribution in [0.5, 0.6) is 0 Å². The van der Waals surface area contributed by atoms with E-state index in [-0.39, 0.29) is 48.8 Å². The van der Waals surface area contributed by atoms with Crippen LogP contribution >= 0.6 is 0 Å². The molecule has 0 bridgehead atoms.